The van der Waals surface area contributed by atoms with E-state index in [2.05, 4.69) is 27.7 Å². The predicted molar refractivity (Wildman–Crippen MR) is 238 cm³/mol. The fourth-order valence-electron chi connectivity index (χ4n) is 7.48. The monoisotopic (exact) mass is 793 g/mol. The fraction of sp³-hybridized carbons (Fsp3) is 0.940. The van der Waals surface area contributed by atoms with Crippen molar-refractivity contribution >= 4 is 17.9 Å². The molecule has 0 N–H and O–H groups in total. The van der Waals surface area contributed by atoms with Crippen molar-refractivity contribution in [3.8, 4) is 0 Å². The summed E-state index contributed by atoms with van der Waals surface area (Å²) in [6.45, 7) is 9.00. The third kappa shape index (κ3) is 42.0. The molecule has 0 amide bonds. The van der Waals surface area contributed by atoms with Crippen molar-refractivity contribution in [1.29, 1.82) is 0 Å². The van der Waals surface area contributed by atoms with Gasteiger partial charge in [0.05, 0.1) is 0 Å². The lowest BCUT2D eigenvalue weighted by Crippen LogP contribution is -2.30. The molecule has 0 aromatic rings. The first-order valence-corrected chi connectivity index (χ1v) is 24.9. The first kappa shape index (κ1) is 54.4. The quantitative estimate of drug-likeness (QED) is 0.0347. The number of carbonyl (C=O) groups excluding carboxylic acids is 3. The van der Waals surface area contributed by atoms with Crippen LogP contribution < -0.4 is 0 Å². The molecule has 0 saturated heterocycles. The second kappa shape index (κ2) is 44.5. The summed E-state index contributed by atoms with van der Waals surface area (Å²) in [4.78, 5) is 37.8. The Morgan fingerprint density at radius 3 is 0.929 bits per heavy atom. The van der Waals surface area contributed by atoms with Crippen LogP contribution in [0.15, 0.2) is 0 Å². The van der Waals surface area contributed by atoms with Crippen LogP contribution in [0.4, 0.5) is 0 Å². The standard InChI is InChI=1S/C50H96O6/c1-5-8-10-12-14-16-17-18-19-20-21-22-23-25-31-35-39-43-50(53)56-47(44-54-48(51)41-37-33-29-24-15-13-11-9-6-2)45-55-49(52)42-38-34-30-27-26-28-32-36-40-46(4)7-3/h46-47H,5-45H2,1-4H3/t46?,47-/m0/s1. The maximum atomic E-state index is 12.8. The Morgan fingerprint density at radius 2 is 0.625 bits per heavy atom. The van der Waals surface area contributed by atoms with Gasteiger partial charge in [-0.2, -0.15) is 0 Å². The van der Waals surface area contributed by atoms with E-state index in [1.807, 2.05) is 0 Å². The van der Waals surface area contributed by atoms with Gasteiger partial charge in [-0.1, -0.05) is 240 Å². The predicted octanol–water partition coefficient (Wildman–Crippen LogP) is 15.9. The van der Waals surface area contributed by atoms with Crippen molar-refractivity contribution in [2.45, 2.75) is 284 Å². The Kier molecular flexibility index (Phi) is 43.2. The lowest BCUT2D eigenvalue weighted by molar-refractivity contribution is -0.167. The lowest BCUT2D eigenvalue weighted by Gasteiger charge is -2.18. The van der Waals surface area contributed by atoms with Gasteiger partial charge in [0.2, 0.25) is 0 Å². The molecule has 0 rings (SSSR count). The first-order chi connectivity index (χ1) is 27.4. The van der Waals surface area contributed by atoms with Crippen LogP contribution in [0.25, 0.3) is 0 Å². The van der Waals surface area contributed by atoms with E-state index in [9.17, 15) is 14.4 Å². The second-order valence-corrected chi connectivity index (χ2v) is 17.3. The zero-order valence-corrected chi connectivity index (χ0v) is 38.1. The molecule has 6 heteroatoms. The van der Waals surface area contributed by atoms with Crippen LogP contribution in [0.5, 0.6) is 0 Å². The summed E-state index contributed by atoms with van der Waals surface area (Å²) in [6, 6.07) is 0. The molecule has 0 aromatic heterocycles. The molecule has 332 valence electrons. The highest BCUT2D eigenvalue weighted by atomic mass is 16.6. The second-order valence-electron chi connectivity index (χ2n) is 17.3. The summed E-state index contributed by atoms with van der Waals surface area (Å²) in [6.07, 6.45) is 45.1. The van der Waals surface area contributed by atoms with Crippen LogP contribution in [-0.4, -0.2) is 37.2 Å². The zero-order chi connectivity index (χ0) is 41.0. The molecule has 0 aliphatic rings. The van der Waals surface area contributed by atoms with Crippen LogP contribution in [-0.2, 0) is 28.6 Å². The number of carbonyl (C=O) groups is 3. The SMILES string of the molecule is CCCCCCCCCCCCCCCCCCCC(=O)O[C@@H](COC(=O)CCCCCCCCCCC)COC(=O)CCCCCCCCCCC(C)CC. The van der Waals surface area contributed by atoms with Crippen molar-refractivity contribution in [3.63, 3.8) is 0 Å². The van der Waals surface area contributed by atoms with Crippen molar-refractivity contribution in [2.24, 2.45) is 5.92 Å². The Bertz CT molecular complexity index is 843. The highest BCUT2D eigenvalue weighted by molar-refractivity contribution is 5.71. The number of hydrogen-bond donors (Lipinski definition) is 0. The van der Waals surface area contributed by atoms with Crippen LogP contribution >= 0.6 is 0 Å². The van der Waals surface area contributed by atoms with E-state index >= 15 is 0 Å². The lowest BCUT2D eigenvalue weighted by atomic mass is 9.99. The van der Waals surface area contributed by atoms with E-state index in [1.54, 1.807) is 0 Å². The van der Waals surface area contributed by atoms with Gasteiger partial charge in [0.1, 0.15) is 13.2 Å². The van der Waals surface area contributed by atoms with E-state index < -0.39 is 6.10 Å². The molecule has 0 radical (unpaired) electrons. The van der Waals surface area contributed by atoms with Gasteiger partial charge < -0.3 is 14.2 Å². The molecule has 6 nitrogen and oxygen atoms in total. The van der Waals surface area contributed by atoms with Crippen LogP contribution in [0.1, 0.15) is 278 Å². The highest BCUT2D eigenvalue weighted by Crippen LogP contribution is 2.17. The summed E-state index contributed by atoms with van der Waals surface area (Å²) in [5, 5.41) is 0. The molecule has 0 fully saturated rings. The van der Waals surface area contributed by atoms with Crippen LogP contribution in [0.2, 0.25) is 0 Å². The van der Waals surface area contributed by atoms with Gasteiger partial charge >= 0.3 is 17.9 Å². The summed E-state index contributed by atoms with van der Waals surface area (Å²) < 4.78 is 16.7. The highest BCUT2D eigenvalue weighted by Gasteiger charge is 2.19. The van der Waals surface area contributed by atoms with Gasteiger partial charge in [-0.05, 0) is 25.2 Å². The zero-order valence-electron chi connectivity index (χ0n) is 38.1. The maximum Gasteiger partial charge on any atom is 0.306 e. The van der Waals surface area contributed by atoms with Crippen molar-refractivity contribution in [2.75, 3.05) is 13.2 Å². The van der Waals surface area contributed by atoms with Gasteiger partial charge in [-0.25, -0.2) is 0 Å². The summed E-state index contributed by atoms with van der Waals surface area (Å²) >= 11 is 0. The van der Waals surface area contributed by atoms with Gasteiger partial charge in [0.15, 0.2) is 6.10 Å². The smallest absolute Gasteiger partial charge is 0.306 e. The van der Waals surface area contributed by atoms with E-state index in [0.29, 0.717) is 19.3 Å². The average molecular weight is 793 g/mol. The minimum absolute atomic E-state index is 0.0638. The number of esters is 3. The number of rotatable bonds is 45. The van der Waals surface area contributed by atoms with Gasteiger partial charge in [0, 0.05) is 19.3 Å². The molecule has 1 unspecified atom stereocenters. The van der Waals surface area contributed by atoms with Gasteiger partial charge in [0.25, 0.3) is 0 Å². The molecule has 2 atom stereocenters. The van der Waals surface area contributed by atoms with Crippen molar-refractivity contribution in [3.05, 3.63) is 0 Å². The third-order valence-electron chi connectivity index (χ3n) is 11.7. The molecule has 0 spiro atoms. The van der Waals surface area contributed by atoms with E-state index in [1.165, 1.54) is 173 Å². The molecular formula is C50H96O6. The minimum atomic E-state index is -0.760. The molecule has 0 aliphatic carbocycles. The molecule has 0 heterocycles. The van der Waals surface area contributed by atoms with Crippen LogP contribution in [0, 0.1) is 5.92 Å². The van der Waals surface area contributed by atoms with Gasteiger partial charge in [-0.3, -0.25) is 14.4 Å². The van der Waals surface area contributed by atoms with Crippen molar-refractivity contribution < 1.29 is 28.6 Å². The fourth-order valence-corrected chi connectivity index (χ4v) is 7.48. The molecule has 0 aliphatic heterocycles. The molecule has 56 heavy (non-hydrogen) atoms. The molecule has 0 saturated carbocycles. The van der Waals surface area contributed by atoms with E-state index in [0.717, 1.165) is 63.7 Å². The Hall–Kier alpha value is -1.59. The first-order valence-electron chi connectivity index (χ1n) is 24.9. The topological polar surface area (TPSA) is 78.9 Å². The summed E-state index contributed by atoms with van der Waals surface area (Å²) in [5.74, 6) is -0.00365. The maximum absolute atomic E-state index is 12.8. The Labute approximate surface area is 348 Å². The van der Waals surface area contributed by atoms with Crippen LogP contribution in [0.3, 0.4) is 0 Å². The molecule has 0 bridgehead atoms. The third-order valence-corrected chi connectivity index (χ3v) is 11.7. The normalized spacial score (nSPS) is 12.4. The summed E-state index contributed by atoms with van der Waals surface area (Å²) in [5.41, 5.74) is 0. The minimum Gasteiger partial charge on any atom is -0.462 e. The number of hydrogen-bond acceptors (Lipinski definition) is 6. The number of unbranched alkanes of at least 4 members (excludes halogenated alkanes) is 31. The molecule has 0 aromatic carbocycles. The largest absolute Gasteiger partial charge is 0.462 e. The molecular weight excluding hydrogens is 697 g/mol. The Morgan fingerprint density at radius 1 is 0.357 bits per heavy atom. The van der Waals surface area contributed by atoms with Gasteiger partial charge in [-0.15, -0.1) is 0 Å². The average Bonchev–Trinajstić information content (AvgIpc) is 3.19. The van der Waals surface area contributed by atoms with E-state index in [4.69, 9.17) is 14.2 Å². The van der Waals surface area contributed by atoms with E-state index in [-0.39, 0.29) is 31.1 Å². The Balaban J connectivity index is 4.27. The summed E-state index contributed by atoms with van der Waals surface area (Å²) in [7, 11) is 0. The number of ether oxygens (including phenoxy) is 3. The van der Waals surface area contributed by atoms with Crippen molar-refractivity contribution in [1.82, 2.24) is 0 Å².